The fourth-order valence-electron chi connectivity index (χ4n) is 1.95. The first-order valence-electron chi connectivity index (χ1n) is 6.39. The lowest BCUT2D eigenvalue weighted by molar-refractivity contribution is -0.133. The number of rotatable bonds is 6. The smallest absolute Gasteiger partial charge is 0.261 e. The van der Waals surface area contributed by atoms with E-state index < -0.39 is 9.05 Å². The van der Waals surface area contributed by atoms with E-state index in [9.17, 15) is 13.2 Å². The van der Waals surface area contributed by atoms with Crippen molar-refractivity contribution in [1.82, 2.24) is 4.90 Å². The van der Waals surface area contributed by atoms with Crippen molar-refractivity contribution in [1.29, 1.82) is 0 Å². The van der Waals surface area contributed by atoms with Gasteiger partial charge in [-0.3, -0.25) is 4.79 Å². The van der Waals surface area contributed by atoms with Crippen LogP contribution >= 0.6 is 10.7 Å². The van der Waals surface area contributed by atoms with E-state index in [-0.39, 0.29) is 17.4 Å². The van der Waals surface area contributed by atoms with Crippen LogP contribution in [-0.2, 0) is 13.8 Å². The van der Waals surface area contributed by atoms with Gasteiger partial charge in [-0.15, -0.1) is 0 Å². The van der Waals surface area contributed by atoms with Crippen molar-refractivity contribution < 1.29 is 17.9 Å². The van der Waals surface area contributed by atoms with Gasteiger partial charge in [-0.1, -0.05) is 0 Å². The van der Waals surface area contributed by atoms with Gasteiger partial charge in [0.1, 0.15) is 5.75 Å². The maximum absolute atomic E-state index is 11.9. The van der Waals surface area contributed by atoms with Crippen LogP contribution in [0, 0.1) is 0 Å². The van der Waals surface area contributed by atoms with Crippen molar-refractivity contribution >= 4 is 25.6 Å². The largest absolute Gasteiger partial charge is 0.484 e. The summed E-state index contributed by atoms with van der Waals surface area (Å²) in [5, 5.41) is 0. The summed E-state index contributed by atoms with van der Waals surface area (Å²) < 4.78 is 27.5. The van der Waals surface area contributed by atoms with Gasteiger partial charge in [-0.05, 0) is 44.0 Å². The molecule has 0 saturated heterocycles. The van der Waals surface area contributed by atoms with Crippen molar-refractivity contribution in [3.63, 3.8) is 0 Å². The summed E-state index contributed by atoms with van der Waals surface area (Å²) in [4.78, 5) is 13.7. The molecule has 1 aliphatic rings. The topological polar surface area (TPSA) is 63.7 Å². The van der Waals surface area contributed by atoms with Gasteiger partial charge < -0.3 is 9.64 Å². The van der Waals surface area contributed by atoms with E-state index in [1.54, 1.807) is 4.90 Å². The Morgan fingerprint density at radius 2 is 1.95 bits per heavy atom. The highest BCUT2D eigenvalue weighted by Gasteiger charge is 2.31. The van der Waals surface area contributed by atoms with Crippen LogP contribution < -0.4 is 4.74 Å². The molecule has 0 unspecified atom stereocenters. The fourth-order valence-corrected chi connectivity index (χ4v) is 2.72. The zero-order valence-electron chi connectivity index (χ0n) is 11.1. The lowest BCUT2D eigenvalue weighted by Gasteiger charge is -2.20. The summed E-state index contributed by atoms with van der Waals surface area (Å²) >= 11 is 0. The molecular formula is C13H16ClNO4S. The molecule has 0 N–H and O–H groups in total. The molecule has 0 atom stereocenters. The second-order valence-electron chi connectivity index (χ2n) is 4.61. The molecule has 0 aromatic heterocycles. The summed E-state index contributed by atoms with van der Waals surface area (Å²) in [6.45, 7) is 2.57. The number of halogens is 1. The summed E-state index contributed by atoms with van der Waals surface area (Å²) in [6.07, 6.45) is 2.11. The van der Waals surface area contributed by atoms with Gasteiger partial charge in [-0.25, -0.2) is 8.42 Å². The van der Waals surface area contributed by atoms with Crippen molar-refractivity contribution in [3.8, 4) is 5.75 Å². The normalized spacial score (nSPS) is 14.9. The maximum Gasteiger partial charge on any atom is 0.261 e. The van der Waals surface area contributed by atoms with Crippen LogP contribution in [-0.4, -0.2) is 38.4 Å². The van der Waals surface area contributed by atoms with Crippen molar-refractivity contribution in [2.24, 2.45) is 0 Å². The van der Waals surface area contributed by atoms with E-state index >= 15 is 0 Å². The average Bonchev–Trinajstić information content (AvgIpc) is 3.21. The molecule has 0 radical (unpaired) electrons. The molecule has 7 heteroatoms. The summed E-state index contributed by atoms with van der Waals surface area (Å²) in [6, 6.07) is 6.02. The van der Waals surface area contributed by atoms with E-state index in [0.717, 1.165) is 12.8 Å². The molecule has 0 spiro atoms. The Balaban J connectivity index is 1.92. The quantitative estimate of drug-likeness (QED) is 0.753. The van der Waals surface area contributed by atoms with Gasteiger partial charge in [0.25, 0.3) is 15.0 Å². The first-order valence-corrected chi connectivity index (χ1v) is 8.69. The van der Waals surface area contributed by atoms with Crippen LogP contribution in [0.2, 0.25) is 0 Å². The Bertz CT molecular complexity index is 581. The lowest BCUT2D eigenvalue weighted by atomic mass is 10.3. The second-order valence-corrected chi connectivity index (χ2v) is 7.17. The molecule has 1 aromatic rings. The van der Waals surface area contributed by atoms with Crippen molar-refractivity contribution in [2.45, 2.75) is 30.7 Å². The number of benzene rings is 1. The number of carbonyl (C=O) groups is 1. The predicted octanol–water partition coefficient (Wildman–Crippen LogP) is 2.00. The number of carbonyl (C=O) groups excluding carboxylic acids is 1. The lowest BCUT2D eigenvalue weighted by Crippen LogP contribution is -2.36. The molecule has 1 aliphatic carbocycles. The van der Waals surface area contributed by atoms with Crippen LogP contribution in [0.15, 0.2) is 29.2 Å². The molecule has 0 bridgehead atoms. The van der Waals surface area contributed by atoms with E-state index in [2.05, 4.69) is 0 Å². The number of nitrogens with zero attached hydrogens (tertiary/aromatic N) is 1. The molecule has 0 heterocycles. The number of hydrogen-bond donors (Lipinski definition) is 0. The predicted molar refractivity (Wildman–Crippen MR) is 75.4 cm³/mol. The van der Waals surface area contributed by atoms with Gasteiger partial charge >= 0.3 is 0 Å². The summed E-state index contributed by atoms with van der Waals surface area (Å²) in [5.41, 5.74) is 0. The SMILES string of the molecule is CCN(C(=O)COc1ccc(S(=O)(=O)Cl)cc1)C1CC1. The number of hydrogen-bond acceptors (Lipinski definition) is 4. The number of amides is 1. The van der Waals surface area contributed by atoms with E-state index in [1.165, 1.54) is 24.3 Å². The first kappa shape index (κ1) is 15.1. The molecule has 20 heavy (non-hydrogen) atoms. The molecule has 2 rings (SSSR count). The van der Waals surface area contributed by atoms with E-state index in [4.69, 9.17) is 15.4 Å². The monoisotopic (exact) mass is 317 g/mol. The minimum absolute atomic E-state index is 0.00556. The maximum atomic E-state index is 11.9. The van der Waals surface area contributed by atoms with Crippen LogP contribution in [0.3, 0.4) is 0 Å². The summed E-state index contributed by atoms with van der Waals surface area (Å²) in [7, 11) is 1.48. The van der Waals surface area contributed by atoms with Crippen LogP contribution in [0.1, 0.15) is 19.8 Å². The molecular weight excluding hydrogens is 302 g/mol. The van der Waals surface area contributed by atoms with Gasteiger partial charge in [0.05, 0.1) is 4.90 Å². The highest BCUT2D eigenvalue weighted by Crippen LogP contribution is 2.26. The Morgan fingerprint density at radius 1 is 1.35 bits per heavy atom. The van der Waals surface area contributed by atoms with Gasteiger partial charge in [0.15, 0.2) is 6.61 Å². The second kappa shape index (κ2) is 6.01. The molecule has 1 aromatic carbocycles. The van der Waals surface area contributed by atoms with Crippen LogP contribution in [0.25, 0.3) is 0 Å². The van der Waals surface area contributed by atoms with E-state index in [0.29, 0.717) is 18.3 Å². The minimum Gasteiger partial charge on any atom is -0.484 e. The van der Waals surface area contributed by atoms with Crippen molar-refractivity contribution in [3.05, 3.63) is 24.3 Å². The molecule has 110 valence electrons. The third-order valence-electron chi connectivity index (χ3n) is 3.12. The Kier molecular flexibility index (Phi) is 4.55. The van der Waals surface area contributed by atoms with Gasteiger partial charge in [0, 0.05) is 23.3 Å². The molecule has 1 amide bonds. The summed E-state index contributed by atoms with van der Waals surface area (Å²) in [5.74, 6) is 0.387. The van der Waals surface area contributed by atoms with E-state index in [1.807, 2.05) is 6.92 Å². The van der Waals surface area contributed by atoms with Gasteiger partial charge in [-0.2, -0.15) is 0 Å². The molecule has 0 aliphatic heterocycles. The number of ether oxygens (including phenoxy) is 1. The van der Waals surface area contributed by atoms with Crippen molar-refractivity contribution in [2.75, 3.05) is 13.2 Å². The highest BCUT2D eigenvalue weighted by molar-refractivity contribution is 8.13. The molecule has 1 saturated carbocycles. The zero-order valence-corrected chi connectivity index (χ0v) is 12.7. The third kappa shape index (κ3) is 3.86. The zero-order chi connectivity index (χ0) is 14.8. The molecule has 5 nitrogen and oxygen atoms in total. The molecule has 1 fully saturated rings. The minimum atomic E-state index is -3.73. The van der Waals surface area contributed by atoms with Crippen LogP contribution in [0.4, 0.5) is 0 Å². The highest BCUT2D eigenvalue weighted by atomic mass is 35.7. The van der Waals surface area contributed by atoms with Gasteiger partial charge in [0.2, 0.25) is 0 Å². The Hall–Kier alpha value is -1.27. The Morgan fingerprint density at radius 3 is 2.40 bits per heavy atom. The third-order valence-corrected chi connectivity index (χ3v) is 4.49. The Labute approximate surface area is 122 Å². The average molecular weight is 318 g/mol. The van der Waals surface area contributed by atoms with Crippen LogP contribution in [0.5, 0.6) is 5.75 Å². The standard InChI is InChI=1S/C13H16ClNO4S/c1-2-15(10-3-4-10)13(16)9-19-11-5-7-12(8-6-11)20(14,17)18/h5-8,10H,2-4,9H2,1H3. The fraction of sp³-hybridized carbons (Fsp3) is 0.462. The number of likely N-dealkylation sites (N-methyl/N-ethyl adjacent to an activating group) is 1. The first-order chi connectivity index (χ1) is 9.41.